The van der Waals surface area contributed by atoms with E-state index < -0.39 is 10.8 Å². The minimum Gasteiger partial charge on any atom is -0.322 e. The minimum absolute atomic E-state index is 0.180. The number of hydrogen-bond donors (Lipinski definition) is 1. The Morgan fingerprint density at radius 2 is 1.86 bits per heavy atom. The monoisotopic (exact) mass is 321 g/mol. The van der Waals surface area contributed by atoms with Gasteiger partial charge in [-0.05, 0) is 42.8 Å². The molecule has 3 nitrogen and oxygen atoms in total. The van der Waals surface area contributed by atoms with Crippen LogP contribution in [0, 0.1) is 6.92 Å². The number of benzene rings is 2. The molecule has 0 aliphatic carbocycles. The average Bonchev–Trinajstić information content (AvgIpc) is 2.42. The third-order valence-corrected chi connectivity index (χ3v) is 4.06. The van der Waals surface area contributed by atoms with Gasteiger partial charge in [0.25, 0.3) is 5.91 Å². The van der Waals surface area contributed by atoms with Crippen molar-refractivity contribution in [2.24, 2.45) is 0 Å². The fourth-order valence-corrected chi connectivity index (χ4v) is 2.83. The molecule has 2 aromatic carbocycles. The quantitative estimate of drug-likeness (QED) is 0.931. The number of hydrogen-bond acceptors (Lipinski definition) is 2. The fourth-order valence-electron chi connectivity index (χ4n) is 1.89. The molecule has 0 aliphatic heterocycles. The van der Waals surface area contributed by atoms with E-state index in [0.29, 0.717) is 22.0 Å². The number of carbonyl (C=O) groups excluding carboxylic acids is 1. The van der Waals surface area contributed by atoms with Crippen molar-refractivity contribution in [1.82, 2.24) is 0 Å². The van der Waals surface area contributed by atoms with Crippen LogP contribution in [0.2, 0.25) is 5.02 Å². The van der Waals surface area contributed by atoms with E-state index in [9.17, 15) is 9.00 Å². The summed E-state index contributed by atoms with van der Waals surface area (Å²) < 4.78 is 11.3. The fraction of sp³-hybridized carbons (Fsp3) is 0.188. The summed E-state index contributed by atoms with van der Waals surface area (Å²) in [6.45, 7) is 1.97. The molecule has 0 aromatic heterocycles. The number of amides is 1. The molecule has 0 aliphatic rings. The van der Waals surface area contributed by atoms with E-state index in [4.69, 9.17) is 11.6 Å². The highest BCUT2D eigenvalue weighted by atomic mass is 35.5. The Labute approximate surface area is 131 Å². The summed E-state index contributed by atoms with van der Waals surface area (Å²) in [5, 5.41) is 3.38. The van der Waals surface area contributed by atoms with E-state index in [1.165, 1.54) is 0 Å². The lowest BCUT2D eigenvalue weighted by molar-refractivity contribution is 0.102. The summed E-state index contributed by atoms with van der Waals surface area (Å²) in [5.74, 6) is 0.188. The van der Waals surface area contributed by atoms with E-state index in [1.807, 2.05) is 19.1 Å². The number of carbonyl (C=O) groups is 1. The summed E-state index contributed by atoms with van der Waals surface area (Å²) in [6.07, 6.45) is 1.62. The van der Waals surface area contributed by atoms with Gasteiger partial charge in [-0.1, -0.05) is 29.3 Å². The van der Waals surface area contributed by atoms with Crippen LogP contribution in [0.25, 0.3) is 0 Å². The lowest BCUT2D eigenvalue weighted by Crippen LogP contribution is -2.12. The molecule has 0 heterocycles. The Morgan fingerprint density at radius 3 is 2.48 bits per heavy atom. The first-order valence-electron chi connectivity index (χ1n) is 6.42. The predicted octanol–water partition coefficient (Wildman–Crippen LogP) is 3.78. The second-order valence-electron chi connectivity index (χ2n) is 4.84. The Kier molecular flexibility index (Phi) is 5.15. The van der Waals surface area contributed by atoms with E-state index in [-0.39, 0.29) is 5.91 Å². The lowest BCUT2D eigenvalue weighted by Gasteiger charge is -2.09. The van der Waals surface area contributed by atoms with Gasteiger partial charge < -0.3 is 5.32 Å². The molecule has 2 aromatic rings. The van der Waals surface area contributed by atoms with Gasteiger partial charge in [-0.3, -0.25) is 9.00 Å². The van der Waals surface area contributed by atoms with Crippen LogP contribution in [0.3, 0.4) is 0 Å². The average molecular weight is 322 g/mol. The summed E-state index contributed by atoms with van der Waals surface area (Å²) in [4.78, 5) is 12.1. The van der Waals surface area contributed by atoms with Crippen molar-refractivity contribution in [3.63, 3.8) is 0 Å². The summed E-state index contributed by atoms with van der Waals surface area (Å²) in [6, 6.07) is 12.5. The molecule has 5 heteroatoms. The van der Waals surface area contributed by atoms with E-state index in [2.05, 4.69) is 5.32 Å². The topological polar surface area (TPSA) is 46.2 Å². The highest BCUT2D eigenvalue weighted by molar-refractivity contribution is 7.83. The summed E-state index contributed by atoms with van der Waals surface area (Å²) in [7, 11) is -0.984. The van der Waals surface area contributed by atoms with Gasteiger partial charge in [-0.15, -0.1) is 0 Å². The van der Waals surface area contributed by atoms with Gasteiger partial charge >= 0.3 is 0 Å². The molecule has 110 valence electrons. The number of anilines is 1. The van der Waals surface area contributed by atoms with Crippen molar-refractivity contribution < 1.29 is 9.00 Å². The molecular formula is C16H16ClNO2S. The van der Waals surface area contributed by atoms with E-state index in [0.717, 1.165) is 11.1 Å². The van der Waals surface area contributed by atoms with Crippen molar-refractivity contribution in [3.8, 4) is 0 Å². The molecule has 21 heavy (non-hydrogen) atoms. The zero-order chi connectivity index (χ0) is 15.4. The van der Waals surface area contributed by atoms with Crippen molar-refractivity contribution in [3.05, 3.63) is 64.2 Å². The zero-order valence-electron chi connectivity index (χ0n) is 11.9. The van der Waals surface area contributed by atoms with Gasteiger partial charge in [0.2, 0.25) is 0 Å². The summed E-state index contributed by atoms with van der Waals surface area (Å²) in [5.41, 5.74) is 3.10. The van der Waals surface area contributed by atoms with Gasteiger partial charge in [0.15, 0.2) is 0 Å². The normalized spacial score (nSPS) is 12.0. The smallest absolute Gasteiger partial charge is 0.255 e. The molecule has 1 N–H and O–H groups in total. The predicted molar refractivity (Wildman–Crippen MR) is 88.4 cm³/mol. The lowest BCUT2D eigenvalue weighted by atomic mass is 10.1. The Balaban J connectivity index is 2.17. The van der Waals surface area contributed by atoms with Crippen LogP contribution in [0.15, 0.2) is 42.5 Å². The first-order chi connectivity index (χ1) is 9.95. The van der Waals surface area contributed by atoms with Gasteiger partial charge in [0, 0.05) is 39.1 Å². The Morgan fingerprint density at radius 1 is 1.19 bits per heavy atom. The van der Waals surface area contributed by atoms with Gasteiger partial charge in [0.05, 0.1) is 0 Å². The number of aryl methyl sites for hydroxylation is 1. The highest BCUT2D eigenvalue weighted by Crippen LogP contribution is 2.22. The van der Waals surface area contributed by atoms with Crippen LogP contribution in [-0.2, 0) is 16.6 Å². The van der Waals surface area contributed by atoms with Crippen LogP contribution in [0.1, 0.15) is 21.5 Å². The summed E-state index contributed by atoms with van der Waals surface area (Å²) >= 11 is 6.06. The molecule has 0 radical (unpaired) electrons. The standard InChI is InChI=1S/C16H16ClNO2S/c1-11-3-5-12(6-4-11)16(19)18-14-7-8-15(17)13(9-14)10-21(2)20/h3-9H,10H2,1-2H3,(H,18,19)/t21-/m0/s1. The molecular weight excluding hydrogens is 306 g/mol. The SMILES string of the molecule is Cc1ccc(C(=O)Nc2ccc(Cl)c(C[S@](C)=O)c2)cc1. The van der Waals surface area contributed by atoms with Gasteiger partial charge in [-0.25, -0.2) is 0 Å². The van der Waals surface area contributed by atoms with E-state index in [1.54, 1.807) is 36.6 Å². The minimum atomic E-state index is -0.984. The van der Waals surface area contributed by atoms with Crippen LogP contribution >= 0.6 is 11.6 Å². The number of rotatable bonds is 4. The maximum atomic E-state index is 12.1. The maximum absolute atomic E-state index is 12.1. The second-order valence-corrected chi connectivity index (χ2v) is 6.69. The van der Waals surface area contributed by atoms with Crippen LogP contribution in [-0.4, -0.2) is 16.4 Å². The van der Waals surface area contributed by atoms with E-state index >= 15 is 0 Å². The molecule has 0 spiro atoms. The largest absolute Gasteiger partial charge is 0.322 e. The van der Waals surface area contributed by atoms with Crippen LogP contribution in [0.5, 0.6) is 0 Å². The molecule has 0 saturated carbocycles. The van der Waals surface area contributed by atoms with Gasteiger partial charge in [0.1, 0.15) is 0 Å². The van der Waals surface area contributed by atoms with Crippen LogP contribution in [0.4, 0.5) is 5.69 Å². The van der Waals surface area contributed by atoms with Crippen molar-refractivity contribution in [1.29, 1.82) is 0 Å². The van der Waals surface area contributed by atoms with Crippen molar-refractivity contribution >= 4 is 34.0 Å². The first-order valence-corrected chi connectivity index (χ1v) is 8.52. The zero-order valence-corrected chi connectivity index (χ0v) is 13.4. The molecule has 0 unspecified atom stereocenters. The molecule has 1 atom stereocenters. The number of nitrogens with one attached hydrogen (secondary N) is 1. The molecule has 2 rings (SSSR count). The maximum Gasteiger partial charge on any atom is 0.255 e. The highest BCUT2D eigenvalue weighted by Gasteiger charge is 2.08. The first kappa shape index (κ1) is 15.7. The molecule has 1 amide bonds. The number of halogens is 1. The Bertz CT molecular complexity index is 683. The van der Waals surface area contributed by atoms with Crippen molar-refractivity contribution in [2.75, 3.05) is 11.6 Å². The van der Waals surface area contributed by atoms with Gasteiger partial charge in [-0.2, -0.15) is 0 Å². The van der Waals surface area contributed by atoms with Crippen molar-refractivity contribution in [2.45, 2.75) is 12.7 Å². The Hall–Kier alpha value is -1.65. The molecule has 0 fully saturated rings. The molecule has 0 bridgehead atoms. The molecule has 0 saturated heterocycles. The van der Waals surface area contributed by atoms with Crippen LogP contribution < -0.4 is 5.32 Å². The third kappa shape index (κ3) is 4.41. The second kappa shape index (κ2) is 6.87. The third-order valence-electron chi connectivity index (χ3n) is 2.98.